The molecule has 4 nitrogen and oxygen atoms in total. The minimum absolute atomic E-state index is 0.192. The van der Waals surface area contributed by atoms with Crippen molar-refractivity contribution in [2.75, 3.05) is 11.9 Å². The van der Waals surface area contributed by atoms with Gasteiger partial charge in [-0.3, -0.25) is 4.79 Å². The van der Waals surface area contributed by atoms with Gasteiger partial charge in [-0.25, -0.2) is 4.68 Å². The number of halogens is 1. The fraction of sp³-hybridized carbons (Fsp3) is 0.429. The third kappa shape index (κ3) is 3.47. The lowest BCUT2D eigenvalue weighted by Gasteiger charge is -2.09. The lowest BCUT2D eigenvalue weighted by molar-refractivity contribution is 0.653. The molecule has 19 heavy (non-hydrogen) atoms. The zero-order valence-corrected chi connectivity index (χ0v) is 11.6. The molecule has 1 aliphatic rings. The van der Waals surface area contributed by atoms with Crippen LogP contribution in [-0.4, -0.2) is 16.3 Å². The van der Waals surface area contributed by atoms with E-state index in [0.29, 0.717) is 12.2 Å². The van der Waals surface area contributed by atoms with Gasteiger partial charge in [-0.05, 0) is 25.7 Å². The van der Waals surface area contributed by atoms with E-state index in [0.717, 1.165) is 13.0 Å². The summed E-state index contributed by atoms with van der Waals surface area (Å²) in [6.07, 6.45) is 10.1. The average molecular weight is 280 g/mol. The lowest BCUT2D eigenvalue weighted by Crippen LogP contribution is -2.23. The van der Waals surface area contributed by atoms with Gasteiger partial charge in [0.05, 0.1) is 18.4 Å². The van der Waals surface area contributed by atoms with Crippen molar-refractivity contribution in [3.05, 3.63) is 45.9 Å². The van der Waals surface area contributed by atoms with Crippen LogP contribution >= 0.6 is 11.6 Å². The Bertz CT molecular complexity index is 548. The summed E-state index contributed by atoms with van der Waals surface area (Å²) in [6.45, 7) is 4.72. The van der Waals surface area contributed by atoms with Gasteiger partial charge in [-0.2, -0.15) is 5.10 Å². The number of anilines is 1. The first kappa shape index (κ1) is 13.9. The largest absolute Gasteiger partial charge is 0.382 e. The number of rotatable bonds is 6. The van der Waals surface area contributed by atoms with Gasteiger partial charge < -0.3 is 5.32 Å². The molecule has 0 saturated carbocycles. The zero-order chi connectivity index (χ0) is 13.7. The summed E-state index contributed by atoms with van der Waals surface area (Å²) in [7, 11) is 0. The molecule has 102 valence electrons. The third-order valence-electron chi connectivity index (χ3n) is 3.18. The van der Waals surface area contributed by atoms with Crippen molar-refractivity contribution in [1.82, 2.24) is 9.78 Å². The minimum atomic E-state index is -0.286. The smallest absolute Gasteiger partial charge is 0.287 e. The second kappa shape index (κ2) is 6.57. The normalized spacial score (nSPS) is 14.3. The first-order valence-electron chi connectivity index (χ1n) is 6.50. The Kier molecular flexibility index (Phi) is 4.80. The van der Waals surface area contributed by atoms with Gasteiger partial charge >= 0.3 is 0 Å². The van der Waals surface area contributed by atoms with E-state index in [9.17, 15) is 4.79 Å². The van der Waals surface area contributed by atoms with Gasteiger partial charge in [-0.1, -0.05) is 29.3 Å². The van der Waals surface area contributed by atoms with Gasteiger partial charge in [0, 0.05) is 6.54 Å². The highest BCUT2D eigenvalue weighted by molar-refractivity contribution is 6.32. The van der Waals surface area contributed by atoms with Gasteiger partial charge in [-0.15, -0.1) is 6.58 Å². The highest BCUT2D eigenvalue weighted by atomic mass is 35.5. The Hall–Kier alpha value is -1.55. The molecule has 0 bridgehead atoms. The first-order chi connectivity index (χ1) is 9.22. The highest BCUT2D eigenvalue weighted by Gasteiger charge is 2.09. The maximum atomic E-state index is 11.9. The zero-order valence-electron chi connectivity index (χ0n) is 10.9. The van der Waals surface area contributed by atoms with E-state index in [1.54, 1.807) is 12.3 Å². The van der Waals surface area contributed by atoms with Crippen LogP contribution in [0.2, 0.25) is 5.02 Å². The maximum Gasteiger partial charge on any atom is 0.287 e. The summed E-state index contributed by atoms with van der Waals surface area (Å²) in [5.74, 6) is 0. The second-order valence-corrected chi connectivity index (χ2v) is 4.96. The van der Waals surface area contributed by atoms with Gasteiger partial charge in [0.2, 0.25) is 0 Å². The Morgan fingerprint density at radius 3 is 3.11 bits per heavy atom. The van der Waals surface area contributed by atoms with Gasteiger partial charge in [0.15, 0.2) is 0 Å². The molecule has 2 rings (SSSR count). The van der Waals surface area contributed by atoms with Crippen molar-refractivity contribution in [1.29, 1.82) is 0 Å². The predicted octanol–water partition coefficient (Wildman–Crippen LogP) is 3.00. The van der Waals surface area contributed by atoms with Crippen molar-refractivity contribution >= 4 is 17.3 Å². The molecule has 0 fully saturated rings. The van der Waals surface area contributed by atoms with Gasteiger partial charge in [0.1, 0.15) is 5.02 Å². The standard InChI is InChI=1S/C14H18ClN3O/c1-2-9-18-14(19)13(15)12(10-17-18)16-8-7-11-5-3-4-6-11/h2,5,10,16H,1,3-4,6-9H2. The molecule has 1 aromatic rings. The van der Waals surface area contributed by atoms with Crippen LogP contribution in [0, 0.1) is 0 Å². The molecule has 5 heteroatoms. The van der Waals surface area contributed by atoms with E-state index < -0.39 is 0 Å². The second-order valence-electron chi connectivity index (χ2n) is 4.58. The average Bonchev–Trinajstić information content (AvgIpc) is 2.91. The number of allylic oxidation sites excluding steroid dienone is 2. The van der Waals surface area contributed by atoms with Crippen molar-refractivity contribution in [3.8, 4) is 0 Å². The Balaban J connectivity index is 1.98. The molecule has 1 heterocycles. The Morgan fingerprint density at radius 1 is 1.58 bits per heavy atom. The SMILES string of the molecule is C=CCn1ncc(NCCC2=CCCC2)c(Cl)c1=O. The van der Waals surface area contributed by atoms with Crippen molar-refractivity contribution in [2.24, 2.45) is 0 Å². The van der Waals surface area contributed by atoms with Crippen LogP contribution in [0.4, 0.5) is 5.69 Å². The summed E-state index contributed by atoms with van der Waals surface area (Å²) in [6, 6.07) is 0. The van der Waals surface area contributed by atoms with Crippen LogP contribution in [-0.2, 0) is 6.54 Å². The van der Waals surface area contributed by atoms with Crippen LogP contribution < -0.4 is 10.9 Å². The molecule has 1 N–H and O–H groups in total. The Labute approximate surface area is 117 Å². The predicted molar refractivity (Wildman–Crippen MR) is 78.7 cm³/mol. The third-order valence-corrected chi connectivity index (χ3v) is 3.55. The number of nitrogens with one attached hydrogen (secondary N) is 1. The summed E-state index contributed by atoms with van der Waals surface area (Å²) in [5.41, 5.74) is 1.80. The fourth-order valence-electron chi connectivity index (χ4n) is 2.16. The summed E-state index contributed by atoms with van der Waals surface area (Å²) in [5, 5.41) is 7.42. The fourth-order valence-corrected chi connectivity index (χ4v) is 2.38. The number of nitrogens with zero attached hydrogens (tertiary/aromatic N) is 2. The van der Waals surface area contributed by atoms with Crippen LogP contribution in [0.5, 0.6) is 0 Å². The first-order valence-corrected chi connectivity index (χ1v) is 6.88. The molecule has 0 aromatic carbocycles. The monoisotopic (exact) mass is 279 g/mol. The minimum Gasteiger partial charge on any atom is -0.382 e. The van der Waals surface area contributed by atoms with Crippen molar-refractivity contribution < 1.29 is 0 Å². The number of hydrogen-bond donors (Lipinski definition) is 1. The summed E-state index contributed by atoms with van der Waals surface area (Å²) >= 11 is 6.04. The molecule has 0 unspecified atom stereocenters. The molecule has 1 aliphatic carbocycles. The Morgan fingerprint density at radius 2 is 2.42 bits per heavy atom. The van der Waals surface area contributed by atoms with E-state index in [4.69, 9.17) is 11.6 Å². The summed E-state index contributed by atoms with van der Waals surface area (Å²) in [4.78, 5) is 11.9. The molecule has 0 radical (unpaired) electrons. The lowest BCUT2D eigenvalue weighted by atomic mass is 10.2. The highest BCUT2D eigenvalue weighted by Crippen LogP contribution is 2.21. The molecular weight excluding hydrogens is 262 g/mol. The maximum absolute atomic E-state index is 11.9. The van der Waals surface area contributed by atoms with E-state index in [1.165, 1.54) is 29.5 Å². The van der Waals surface area contributed by atoms with E-state index >= 15 is 0 Å². The molecule has 0 aliphatic heterocycles. The quantitative estimate of drug-likeness (QED) is 0.815. The van der Waals surface area contributed by atoms with Crippen LogP contribution in [0.15, 0.2) is 35.3 Å². The molecule has 0 atom stereocenters. The summed E-state index contributed by atoms with van der Waals surface area (Å²) < 4.78 is 1.29. The van der Waals surface area contributed by atoms with E-state index in [-0.39, 0.29) is 10.6 Å². The molecule has 0 spiro atoms. The van der Waals surface area contributed by atoms with Crippen molar-refractivity contribution in [2.45, 2.75) is 32.2 Å². The number of aromatic nitrogens is 2. The van der Waals surface area contributed by atoms with Crippen molar-refractivity contribution in [3.63, 3.8) is 0 Å². The van der Waals surface area contributed by atoms with E-state index in [1.807, 2.05) is 0 Å². The van der Waals surface area contributed by atoms with E-state index in [2.05, 4.69) is 23.1 Å². The van der Waals surface area contributed by atoms with Crippen LogP contribution in [0.3, 0.4) is 0 Å². The molecule has 0 saturated heterocycles. The number of hydrogen-bond acceptors (Lipinski definition) is 3. The topological polar surface area (TPSA) is 46.9 Å². The molecule has 0 amide bonds. The van der Waals surface area contributed by atoms with Gasteiger partial charge in [0.25, 0.3) is 5.56 Å². The molecule has 1 aromatic heterocycles. The molecular formula is C14H18ClN3O. The van der Waals surface area contributed by atoms with Crippen LogP contribution in [0.1, 0.15) is 25.7 Å². The van der Waals surface area contributed by atoms with Crippen LogP contribution in [0.25, 0.3) is 0 Å².